The molecule has 2 aliphatic rings. The lowest BCUT2D eigenvalue weighted by atomic mass is 9.98. The molecule has 1 amide bonds. The molecule has 2 fully saturated rings. The number of nitrogens with zero attached hydrogens (tertiary/aromatic N) is 4. The zero-order valence-electron chi connectivity index (χ0n) is 17.3. The van der Waals surface area contributed by atoms with Gasteiger partial charge in [-0.3, -0.25) is 9.69 Å². The SMILES string of the molecule is Cc1cccc(CN2CC(c3nc(CCN(C)C(=O)C4CCOCC4)no3)C2)c1. The van der Waals surface area contributed by atoms with Crippen molar-refractivity contribution in [3.05, 3.63) is 47.1 Å². The standard InChI is InChI=1S/C22H30N4O3/c1-16-4-3-5-17(12-16)13-26-14-19(15-26)21-23-20(24-29-21)6-9-25(2)22(27)18-7-10-28-11-8-18/h3-5,12,18-19H,6-11,13-15H2,1-2H3. The van der Waals surface area contributed by atoms with E-state index in [9.17, 15) is 4.79 Å². The van der Waals surface area contributed by atoms with Gasteiger partial charge in [0.15, 0.2) is 5.82 Å². The highest BCUT2D eigenvalue weighted by atomic mass is 16.5. The van der Waals surface area contributed by atoms with Gasteiger partial charge in [-0.25, -0.2) is 0 Å². The van der Waals surface area contributed by atoms with E-state index in [0.717, 1.165) is 38.4 Å². The first-order valence-corrected chi connectivity index (χ1v) is 10.5. The molecule has 0 bridgehead atoms. The smallest absolute Gasteiger partial charge is 0.232 e. The lowest BCUT2D eigenvalue weighted by Gasteiger charge is -2.37. The maximum absolute atomic E-state index is 12.5. The Morgan fingerprint density at radius 1 is 1.28 bits per heavy atom. The van der Waals surface area contributed by atoms with E-state index < -0.39 is 0 Å². The number of ether oxygens (including phenoxy) is 1. The van der Waals surface area contributed by atoms with Crippen LogP contribution in [0.15, 0.2) is 28.8 Å². The molecule has 4 rings (SSSR count). The summed E-state index contributed by atoms with van der Waals surface area (Å²) in [5.74, 6) is 2.00. The van der Waals surface area contributed by atoms with Crippen LogP contribution in [-0.2, 0) is 22.5 Å². The van der Waals surface area contributed by atoms with Gasteiger partial charge in [0.2, 0.25) is 11.8 Å². The third kappa shape index (κ3) is 5.03. The van der Waals surface area contributed by atoms with Crippen molar-refractivity contribution in [3.8, 4) is 0 Å². The van der Waals surface area contributed by atoms with Gasteiger partial charge in [-0.2, -0.15) is 4.98 Å². The number of benzene rings is 1. The Labute approximate surface area is 172 Å². The Morgan fingerprint density at radius 3 is 2.83 bits per heavy atom. The number of hydrogen-bond donors (Lipinski definition) is 0. The molecule has 2 saturated heterocycles. The lowest BCUT2D eigenvalue weighted by molar-refractivity contribution is -0.137. The van der Waals surface area contributed by atoms with Gasteiger partial charge in [-0.15, -0.1) is 0 Å². The van der Waals surface area contributed by atoms with Crippen LogP contribution >= 0.6 is 0 Å². The first-order valence-electron chi connectivity index (χ1n) is 10.5. The van der Waals surface area contributed by atoms with Crippen molar-refractivity contribution in [2.75, 3.05) is 39.9 Å². The second-order valence-corrected chi connectivity index (χ2v) is 8.33. The van der Waals surface area contributed by atoms with Crippen molar-refractivity contribution in [3.63, 3.8) is 0 Å². The predicted octanol–water partition coefficient (Wildman–Crippen LogP) is 2.40. The molecule has 7 heteroatoms. The molecule has 156 valence electrons. The van der Waals surface area contributed by atoms with E-state index in [2.05, 4.69) is 46.2 Å². The molecule has 0 unspecified atom stereocenters. The summed E-state index contributed by atoms with van der Waals surface area (Å²) < 4.78 is 10.8. The van der Waals surface area contributed by atoms with E-state index in [0.29, 0.717) is 37.9 Å². The maximum Gasteiger partial charge on any atom is 0.232 e. The summed E-state index contributed by atoms with van der Waals surface area (Å²) in [5.41, 5.74) is 2.63. The van der Waals surface area contributed by atoms with E-state index in [1.165, 1.54) is 11.1 Å². The van der Waals surface area contributed by atoms with Gasteiger partial charge in [0.25, 0.3) is 0 Å². The molecule has 0 atom stereocenters. The summed E-state index contributed by atoms with van der Waals surface area (Å²) in [5, 5.41) is 4.12. The second kappa shape index (κ2) is 9.05. The fourth-order valence-corrected chi connectivity index (χ4v) is 4.09. The van der Waals surface area contributed by atoms with Gasteiger partial charge in [0.1, 0.15) is 0 Å². The van der Waals surface area contributed by atoms with Crippen molar-refractivity contribution >= 4 is 5.91 Å². The predicted molar refractivity (Wildman–Crippen MR) is 108 cm³/mol. The van der Waals surface area contributed by atoms with Crippen molar-refractivity contribution in [1.82, 2.24) is 19.9 Å². The molecule has 0 saturated carbocycles. The Kier molecular flexibility index (Phi) is 6.25. The number of rotatable bonds is 7. The molecule has 0 N–H and O–H groups in total. The topological polar surface area (TPSA) is 71.7 Å². The van der Waals surface area contributed by atoms with Crippen LogP contribution < -0.4 is 0 Å². The first-order chi connectivity index (χ1) is 14.1. The molecule has 2 aromatic rings. The summed E-state index contributed by atoms with van der Waals surface area (Å²) >= 11 is 0. The molecule has 3 heterocycles. The van der Waals surface area contributed by atoms with Crippen LogP contribution in [0.4, 0.5) is 0 Å². The van der Waals surface area contributed by atoms with Crippen molar-refractivity contribution < 1.29 is 14.1 Å². The Bertz CT molecular complexity index is 825. The van der Waals surface area contributed by atoms with Gasteiger partial charge < -0.3 is 14.2 Å². The highest BCUT2D eigenvalue weighted by Crippen LogP contribution is 2.27. The van der Waals surface area contributed by atoms with Crippen LogP contribution in [0, 0.1) is 12.8 Å². The Morgan fingerprint density at radius 2 is 2.07 bits per heavy atom. The number of carbonyl (C=O) groups is 1. The van der Waals surface area contributed by atoms with E-state index in [-0.39, 0.29) is 11.8 Å². The fraction of sp³-hybridized carbons (Fsp3) is 0.591. The molecule has 0 aliphatic carbocycles. The number of likely N-dealkylation sites (tertiary alicyclic amines) is 1. The van der Waals surface area contributed by atoms with Gasteiger partial charge in [-0.1, -0.05) is 35.0 Å². The van der Waals surface area contributed by atoms with Crippen LogP contribution in [0.1, 0.15) is 41.6 Å². The van der Waals surface area contributed by atoms with E-state index in [4.69, 9.17) is 9.26 Å². The van der Waals surface area contributed by atoms with E-state index in [1.54, 1.807) is 4.90 Å². The maximum atomic E-state index is 12.5. The highest BCUT2D eigenvalue weighted by molar-refractivity contribution is 5.78. The van der Waals surface area contributed by atoms with E-state index in [1.807, 2.05) is 7.05 Å². The molecule has 7 nitrogen and oxygen atoms in total. The quantitative estimate of drug-likeness (QED) is 0.713. The van der Waals surface area contributed by atoms with Crippen LogP contribution in [0.25, 0.3) is 0 Å². The number of hydrogen-bond acceptors (Lipinski definition) is 6. The molecule has 1 aromatic carbocycles. The number of aromatic nitrogens is 2. The lowest BCUT2D eigenvalue weighted by Crippen LogP contribution is -2.44. The normalized spacial score (nSPS) is 18.6. The monoisotopic (exact) mass is 398 g/mol. The minimum Gasteiger partial charge on any atom is -0.381 e. The van der Waals surface area contributed by atoms with Crippen molar-refractivity contribution in [1.29, 1.82) is 0 Å². The second-order valence-electron chi connectivity index (χ2n) is 8.33. The molecule has 2 aliphatic heterocycles. The Balaban J connectivity index is 1.21. The zero-order valence-corrected chi connectivity index (χ0v) is 17.3. The minimum absolute atomic E-state index is 0.0870. The summed E-state index contributed by atoms with van der Waals surface area (Å²) in [7, 11) is 1.86. The Hall–Kier alpha value is -2.25. The van der Waals surface area contributed by atoms with Crippen molar-refractivity contribution in [2.24, 2.45) is 5.92 Å². The van der Waals surface area contributed by atoms with Gasteiger partial charge in [0, 0.05) is 58.8 Å². The van der Waals surface area contributed by atoms with Crippen LogP contribution in [0.5, 0.6) is 0 Å². The number of amides is 1. The molecule has 29 heavy (non-hydrogen) atoms. The molecule has 0 radical (unpaired) electrons. The first kappa shape index (κ1) is 20.0. The molecule has 0 spiro atoms. The highest BCUT2D eigenvalue weighted by Gasteiger charge is 2.32. The third-order valence-electron chi connectivity index (χ3n) is 5.90. The molecular weight excluding hydrogens is 368 g/mol. The zero-order chi connectivity index (χ0) is 20.2. The van der Waals surface area contributed by atoms with Crippen LogP contribution in [0.3, 0.4) is 0 Å². The summed E-state index contributed by atoms with van der Waals surface area (Å²) in [6, 6.07) is 8.63. The summed E-state index contributed by atoms with van der Waals surface area (Å²) in [4.78, 5) is 21.2. The number of likely N-dealkylation sites (N-methyl/N-ethyl adjacent to an activating group) is 1. The average molecular weight is 399 g/mol. The number of carbonyl (C=O) groups excluding carboxylic acids is 1. The minimum atomic E-state index is 0.0870. The van der Waals surface area contributed by atoms with Crippen LogP contribution in [-0.4, -0.2) is 65.7 Å². The average Bonchev–Trinajstić information content (AvgIpc) is 3.17. The molecule has 1 aromatic heterocycles. The largest absolute Gasteiger partial charge is 0.381 e. The van der Waals surface area contributed by atoms with Gasteiger partial charge in [0.05, 0.1) is 5.92 Å². The van der Waals surface area contributed by atoms with Gasteiger partial charge >= 0.3 is 0 Å². The summed E-state index contributed by atoms with van der Waals surface area (Å²) in [6.07, 6.45) is 2.25. The number of aryl methyl sites for hydroxylation is 1. The van der Waals surface area contributed by atoms with Crippen LogP contribution in [0.2, 0.25) is 0 Å². The summed E-state index contributed by atoms with van der Waals surface area (Å²) in [6.45, 7) is 6.94. The molecular formula is C22H30N4O3. The van der Waals surface area contributed by atoms with E-state index >= 15 is 0 Å². The third-order valence-corrected chi connectivity index (χ3v) is 5.90. The fourth-order valence-electron chi connectivity index (χ4n) is 4.09. The van der Waals surface area contributed by atoms with Gasteiger partial charge in [-0.05, 0) is 25.3 Å². The van der Waals surface area contributed by atoms with Crippen molar-refractivity contribution in [2.45, 2.75) is 38.6 Å².